The highest BCUT2D eigenvalue weighted by atomic mass is 35.5. The van der Waals surface area contributed by atoms with Crippen molar-refractivity contribution in [2.45, 2.75) is 13.8 Å². The van der Waals surface area contributed by atoms with Crippen molar-refractivity contribution in [2.24, 2.45) is 0 Å². The van der Waals surface area contributed by atoms with Crippen LogP contribution in [0.25, 0.3) is 11.3 Å². The van der Waals surface area contributed by atoms with Gasteiger partial charge in [-0.25, -0.2) is 14.4 Å². The fraction of sp³-hybridized carbons (Fsp3) is 0.167. The average Bonchev–Trinajstić information content (AvgIpc) is 2.27. The Morgan fingerprint density at radius 2 is 1.82 bits per heavy atom. The van der Waals surface area contributed by atoms with Gasteiger partial charge in [0.25, 0.3) is 0 Å². The predicted octanol–water partition coefficient (Wildman–Crippen LogP) is 4.21. The lowest BCUT2D eigenvalue weighted by atomic mass is 10.1. The van der Waals surface area contributed by atoms with E-state index in [4.69, 9.17) is 23.2 Å². The highest BCUT2D eigenvalue weighted by Gasteiger charge is 2.11. The zero-order chi connectivity index (χ0) is 12.6. The van der Waals surface area contributed by atoms with Crippen molar-refractivity contribution in [3.8, 4) is 11.3 Å². The Morgan fingerprint density at radius 1 is 1.12 bits per heavy atom. The molecule has 88 valence electrons. The summed E-state index contributed by atoms with van der Waals surface area (Å²) >= 11 is 11.7. The van der Waals surface area contributed by atoms with E-state index in [1.807, 2.05) is 6.92 Å². The number of nitrogens with zero attached hydrogens (tertiary/aromatic N) is 2. The molecule has 0 unspecified atom stereocenters. The minimum Gasteiger partial charge on any atom is -0.233 e. The number of benzene rings is 1. The summed E-state index contributed by atoms with van der Waals surface area (Å²) in [4.78, 5) is 8.34. The molecule has 2 rings (SSSR count). The van der Waals surface area contributed by atoms with E-state index in [1.54, 1.807) is 13.0 Å². The molecule has 0 aliphatic carbocycles. The van der Waals surface area contributed by atoms with E-state index in [0.717, 1.165) is 11.1 Å². The van der Waals surface area contributed by atoms with Gasteiger partial charge in [-0.1, -0.05) is 23.2 Å². The van der Waals surface area contributed by atoms with Crippen molar-refractivity contribution in [3.05, 3.63) is 45.6 Å². The highest BCUT2D eigenvalue weighted by Crippen LogP contribution is 2.28. The van der Waals surface area contributed by atoms with Crippen molar-refractivity contribution in [2.75, 3.05) is 0 Å². The lowest BCUT2D eigenvalue weighted by Gasteiger charge is -2.08. The van der Waals surface area contributed by atoms with Crippen molar-refractivity contribution in [3.63, 3.8) is 0 Å². The molecule has 1 heterocycles. The Kier molecular flexibility index (Phi) is 3.31. The third kappa shape index (κ3) is 2.40. The van der Waals surface area contributed by atoms with Crippen LogP contribution in [-0.2, 0) is 0 Å². The zero-order valence-electron chi connectivity index (χ0n) is 9.26. The van der Waals surface area contributed by atoms with Crippen molar-refractivity contribution < 1.29 is 4.39 Å². The normalized spacial score (nSPS) is 10.6. The van der Waals surface area contributed by atoms with Gasteiger partial charge in [0, 0.05) is 11.1 Å². The largest absolute Gasteiger partial charge is 0.233 e. The van der Waals surface area contributed by atoms with Gasteiger partial charge >= 0.3 is 0 Å². The Morgan fingerprint density at radius 3 is 2.47 bits per heavy atom. The average molecular weight is 271 g/mol. The molecule has 0 aliphatic heterocycles. The minimum atomic E-state index is -0.454. The first-order chi connectivity index (χ1) is 7.99. The van der Waals surface area contributed by atoms with E-state index in [0.29, 0.717) is 16.7 Å². The van der Waals surface area contributed by atoms with Crippen LogP contribution in [0.3, 0.4) is 0 Å². The Balaban J connectivity index is 2.64. The Bertz CT molecular complexity index is 585. The SMILES string of the molecule is Cc1nc(Cl)c(C)c(-c2ccc(F)c(Cl)c2)n1. The van der Waals surface area contributed by atoms with Crippen LogP contribution in [0, 0.1) is 19.7 Å². The Labute approximate surface area is 108 Å². The van der Waals surface area contributed by atoms with E-state index in [-0.39, 0.29) is 5.02 Å². The van der Waals surface area contributed by atoms with Gasteiger partial charge in [-0.15, -0.1) is 0 Å². The maximum Gasteiger partial charge on any atom is 0.141 e. The molecule has 0 bridgehead atoms. The van der Waals surface area contributed by atoms with Crippen LogP contribution < -0.4 is 0 Å². The van der Waals surface area contributed by atoms with Gasteiger partial charge in [-0.2, -0.15) is 0 Å². The summed E-state index contributed by atoms with van der Waals surface area (Å²) in [5, 5.41) is 0.460. The molecule has 0 N–H and O–H groups in total. The summed E-state index contributed by atoms with van der Waals surface area (Å²) < 4.78 is 13.1. The molecule has 2 aromatic rings. The summed E-state index contributed by atoms with van der Waals surface area (Å²) in [6, 6.07) is 4.46. The van der Waals surface area contributed by atoms with Gasteiger partial charge in [0.05, 0.1) is 10.7 Å². The van der Waals surface area contributed by atoms with Gasteiger partial charge in [0.2, 0.25) is 0 Å². The van der Waals surface area contributed by atoms with Crippen LogP contribution in [0.15, 0.2) is 18.2 Å². The minimum absolute atomic E-state index is 0.0642. The van der Waals surface area contributed by atoms with Crippen molar-refractivity contribution >= 4 is 23.2 Å². The van der Waals surface area contributed by atoms with Crippen LogP contribution in [0.4, 0.5) is 4.39 Å². The van der Waals surface area contributed by atoms with Gasteiger partial charge < -0.3 is 0 Å². The number of aromatic nitrogens is 2. The molecular weight excluding hydrogens is 262 g/mol. The van der Waals surface area contributed by atoms with Crippen molar-refractivity contribution in [1.82, 2.24) is 9.97 Å². The van der Waals surface area contributed by atoms with E-state index in [1.165, 1.54) is 12.1 Å². The monoisotopic (exact) mass is 270 g/mol. The number of halogens is 3. The molecule has 0 saturated carbocycles. The van der Waals surface area contributed by atoms with Crippen LogP contribution in [0.1, 0.15) is 11.4 Å². The second kappa shape index (κ2) is 4.59. The topological polar surface area (TPSA) is 25.8 Å². The summed E-state index contributed by atoms with van der Waals surface area (Å²) in [6.45, 7) is 3.56. The third-order valence-electron chi connectivity index (χ3n) is 2.39. The van der Waals surface area contributed by atoms with E-state index in [2.05, 4.69) is 9.97 Å². The standard InChI is InChI=1S/C12H9Cl2FN2/c1-6-11(16-7(2)17-12(6)14)8-3-4-10(15)9(13)5-8/h3-5H,1-2H3. The molecule has 5 heteroatoms. The first kappa shape index (κ1) is 12.3. The molecule has 1 aromatic heterocycles. The predicted molar refractivity (Wildman–Crippen MR) is 66.9 cm³/mol. The number of hydrogen-bond donors (Lipinski definition) is 0. The molecule has 0 spiro atoms. The molecule has 0 atom stereocenters. The summed E-state index contributed by atoms with van der Waals surface area (Å²) in [5.41, 5.74) is 2.14. The van der Waals surface area contributed by atoms with Crippen LogP contribution >= 0.6 is 23.2 Å². The fourth-order valence-electron chi connectivity index (χ4n) is 1.52. The molecule has 0 aliphatic rings. The van der Waals surface area contributed by atoms with Gasteiger partial charge in [0.15, 0.2) is 0 Å². The van der Waals surface area contributed by atoms with Crippen LogP contribution in [-0.4, -0.2) is 9.97 Å². The second-order valence-electron chi connectivity index (χ2n) is 3.66. The smallest absolute Gasteiger partial charge is 0.141 e. The summed E-state index contributed by atoms with van der Waals surface area (Å²) in [7, 11) is 0. The number of rotatable bonds is 1. The molecule has 0 fully saturated rings. The lowest BCUT2D eigenvalue weighted by molar-refractivity contribution is 0.628. The molecule has 17 heavy (non-hydrogen) atoms. The molecule has 0 saturated heterocycles. The maximum absolute atomic E-state index is 13.1. The second-order valence-corrected chi connectivity index (χ2v) is 4.43. The fourth-order valence-corrected chi connectivity index (χ4v) is 1.91. The highest BCUT2D eigenvalue weighted by molar-refractivity contribution is 6.31. The quantitative estimate of drug-likeness (QED) is 0.726. The van der Waals surface area contributed by atoms with Crippen LogP contribution in [0.2, 0.25) is 10.2 Å². The van der Waals surface area contributed by atoms with Gasteiger partial charge in [0.1, 0.15) is 16.8 Å². The third-order valence-corrected chi connectivity index (χ3v) is 3.05. The zero-order valence-corrected chi connectivity index (χ0v) is 10.8. The molecular formula is C12H9Cl2FN2. The van der Waals surface area contributed by atoms with E-state index in [9.17, 15) is 4.39 Å². The molecule has 1 aromatic carbocycles. The van der Waals surface area contributed by atoms with E-state index < -0.39 is 5.82 Å². The Hall–Kier alpha value is -1.19. The molecule has 0 amide bonds. The van der Waals surface area contributed by atoms with Crippen LogP contribution in [0.5, 0.6) is 0 Å². The summed E-state index contributed by atoms with van der Waals surface area (Å²) in [5.74, 6) is 0.112. The molecule has 2 nitrogen and oxygen atoms in total. The number of hydrogen-bond acceptors (Lipinski definition) is 2. The van der Waals surface area contributed by atoms with Gasteiger partial charge in [-0.05, 0) is 32.0 Å². The summed E-state index contributed by atoms with van der Waals surface area (Å²) in [6.07, 6.45) is 0. The maximum atomic E-state index is 13.1. The van der Waals surface area contributed by atoms with E-state index >= 15 is 0 Å². The lowest BCUT2D eigenvalue weighted by Crippen LogP contribution is -1.96. The van der Waals surface area contributed by atoms with Crippen molar-refractivity contribution in [1.29, 1.82) is 0 Å². The van der Waals surface area contributed by atoms with Gasteiger partial charge in [-0.3, -0.25) is 0 Å². The number of aryl methyl sites for hydroxylation is 1. The first-order valence-electron chi connectivity index (χ1n) is 4.95. The first-order valence-corrected chi connectivity index (χ1v) is 5.71. The molecule has 0 radical (unpaired) electrons.